The quantitative estimate of drug-likeness (QED) is 0.202. The second-order valence-corrected chi connectivity index (χ2v) is 11.8. The molecule has 9 heteroatoms. The largest absolute Gasteiger partial charge is 0.593 e. The number of carbonyl (C=O) groups excluding carboxylic acids is 1. The molecule has 1 fully saturated rings. The molecule has 3 aromatic carbocycles. The zero-order valence-electron chi connectivity index (χ0n) is 23.8. The van der Waals surface area contributed by atoms with Crippen molar-refractivity contribution in [2.24, 2.45) is 0 Å². The maximum atomic E-state index is 13.5. The molecule has 2 heterocycles. The SMILES string of the molecule is CC(C)Oc1ccc(C#Cc2ccc([S+]([O-])N3CCOCC3)cc2)cc1C(=O)N[C@@H](CO)Cc1c[nH]c2ccccc12. The van der Waals surface area contributed by atoms with Crippen molar-refractivity contribution in [1.82, 2.24) is 14.6 Å². The summed E-state index contributed by atoms with van der Waals surface area (Å²) in [5, 5.41) is 14.1. The number of H-pyrrole nitrogens is 1. The molecule has 8 nitrogen and oxygen atoms in total. The van der Waals surface area contributed by atoms with E-state index in [-0.39, 0.29) is 18.6 Å². The first kappa shape index (κ1) is 29.7. The van der Waals surface area contributed by atoms with Gasteiger partial charge in [0.05, 0.1) is 62.0 Å². The number of aromatic amines is 1. The Morgan fingerprint density at radius 2 is 1.81 bits per heavy atom. The molecule has 1 amide bonds. The van der Waals surface area contributed by atoms with E-state index >= 15 is 0 Å². The van der Waals surface area contributed by atoms with Gasteiger partial charge in [-0.05, 0) is 74.4 Å². The van der Waals surface area contributed by atoms with E-state index in [1.807, 2.05) is 78.9 Å². The predicted molar refractivity (Wildman–Crippen MR) is 164 cm³/mol. The zero-order chi connectivity index (χ0) is 29.5. The van der Waals surface area contributed by atoms with Crippen LogP contribution >= 0.6 is 0 Å². The third-order valence-electron chi connectivity index (χ3n) is 6.90. The highest BCUT2D eigenvalue weighted by molar-refractivity contribution is 7.89. The number of nitrogens with one attached hydrogen (secondary N) is 2. The first-order valence-corrected chi connectivity index (χ1v) is 15.2. The number of aromatic nitrogens is 1. The number of hydrogen-bond acceptors (Lipinski definition) is 6. The van der Waals surface area contributed by atoms with E-state index < -0.39 is 17.4 Å². The number of aliphatic hydroxyl groups is 1. The number of para-hydroxylation sites is 1. The fourth-order valence-electron chi connectivity index (χ4n) is 4.79. The number of morpholine rings is 1. The van der Waals surface area contributed by atoms with E-state index in [1.54, 1.807) is 12.1 Å². The molecule has 1 saturated heterocycles. The molecule has 42 heavy (non-hydrogen) atoms. The molecule has 5 rings (SSSR count). The van der Waals surface area contributed by atoms with Gasteiger partial charge in [-0.15, -0.1) is 4.31 Å². The number of amides is 1. The van der Waals surface area contributed by atoms with Gasteiger partial charge in [0, 0.05) is 28.2 Å². The second-order valence-electron chi connectivity index (χ2n) is 10.4. The van der Waals surface area contributed by atoms with Crippen molar-refractivity contribution >= 4 is 28.2 Å². The molecule has 1 aromatic heterocycles. The van der Waals surface area contributed by atoms with Gasteiger partial charge in [-0.3, -0.25) is 4.79 Å². The maximum Gasteiger partial charge on any atom is 0.255 e. The normalized spacial score (nSPS) is 15.2. The van der Waals surface area contributed by atoms with Crippen molar-refractivity contribution in [1.29, 1.82) is 0 Å². The van der Waals surface area contributed by atoms with Gasteiger partial charge < -0.3 is 29.4 Å². The van der Waals surface area contributed by atoms with Crippen LogP contribution in [0, 0.1) is 11.8 Å². The van der Waals surface area contributed by atoms with Gasteiger partial charge >= 0.3 is 0 Å². The minimum absolute atomic E-state index is 0.130. The Labute approximate surface area is 249 Å². The van der Waals surface area contributed by atoms with Crippen LogP contribution in [0.15, 0.2) is 77.8 Å². The minimum atomic E-state index is -1.23. The van der Waals surface area contributed by atoms with E-state index in [9.17, 15) is 14.5 Å². The molecule has 1 aliphatic rings. The van der Waals surface area contributed by atoms with Gasteiger partial charge in [0.2, 0.25) is 0 Å². The molecule has 1 aliphatic heterocycles. The topological polar surface area (TPSA) is 110 Å². The van der Waals surface area contributed by atoms with Gasteiger partial charge in [-0.25, -0.2) is 0 Å². The number of nitrogens with zero attached hydrogens (tertiary/aromatic N) is 1. The van der Waals surface area contributed by atoms with Gasteiger partial charge in [-0.1, -0.05) is 30.0 Å². The van der Waals surface area contributed by atoms with Crippen molar-refractivity contribution in [2.45, 2.75) is 37.3 Å². The smallest absolute Gasteiger partial charge is 0.255 e. The first-order chi connectivity index (χ1) is 20.4. The first-order valence-electron chi connectivity index (χ1n) is 14.1. The van der Waals surface area contributed by atoms with Gasteiger partial charge in [-0.2, -0.15) is 0 Å². The van der Waals surface area contributed by atoms with Crippen molar-refractivity contribution in [3.05, 3.63) is 95.2 Å². The molecule has 4 aromatic rings. The van der Waals surface area contributed by atoms with E-state index in [4.69, 9.17) is 9.47 Å². The maximum absolute atomic E-state index is 13.5. The summed E-state index contributed by atoms with van der Waals surface area (Å²) in [5.74, 6) is 6.37. The molecule has 2 atom stereocenters. The Kier molecular flexibility index (Phi) is 9.85. The van der Waals surface area contributed by atoms with E-state index in [0.29, 0.717) is 49.6 Å². The highest BCUT2D eigenvalue weighted by Crippen LogP contribution is 2.23. The number of carbonyl (C=O) groups is 1. The summed E-state index contributed by atoms with van der Waals surface area (Å²) >= 11 is -1.23. The van der Waals surface area contributed by atoms with Crippen molar-refractivity contribution in [3.8, 4) is 17.6 Å². The van der Waals surface area contributed by atoms with Crippen LogP contribution in [0.5, 0.6) is 5.75 Å². The van der Waals surface area contributed by atoms with Crippen LogP contribution in [0.1, 0.15) is 40.9 Å². The molecule has 1 unspecified atom stereocenters. The number of hydrogen-bond donors (Lipinski definition) is 3. The fourth-order valence-corrected chi connectivity index (χ4v) is 5.94. The molecule has 218 valence electrons. The standard InChI is InChI=1S/C33H35N3O5S/c1-23(2)41-32-14-11-25(8-7-24-9-12-28(13-10-24)42(39)36-15-17-40-18-16-36)19-30(32)33(38)35-27(22-37)20-26-21-34-31-6-4-3-5-29(26)31/h3-6,9-14,19,21,23,27,34,37H,15-18,20,22H2,1-2H3,(H,35,38)/t27-,42?/m1/s1. The van der Waals surface area contributed by atoms with Crippen LogP contribution in [-0.4, -0.2) is 69.9 Å². The lowest BCUT2D eigenvalue weighted by atomic mass is 10.0. The third-order valence-corrected chi connectivity index (χ3v) is 8.40. The highest BCUT2D eigenvalue weighted by atomic mass is 32.2. The summed E-state index contributed by atoms with van der Waals surface area (Å²) in [4.78, 5) is 17.4. The molecule has 0 aliphatic carbocycles. The number of benzene rings is 3. The number of aliphatic hydroxyl groups excluding tert-OH is 1. The predicted octanol–water partition coefficient (Wildman–Crippen LogP) is 4.04. The number of fused-ring (bicyclic) bond motifs is 1. The van der Waals surface area contributed by atoms with E-state index in [1.165, 1.54) is 0 Å². The van der Waals surface area contributed by atoms with Crippen molar-refractivity contribution < 1.29 is 23.9 Å². The zero-order valence-corrected chi connectivity index (χ0v) is 24.6. The van der Waals surface area contributed by atoms with E-state index in [0.717, 1.165) is 26.9 Å². The molecule has 0 bridgehead atoms. The summed E-state index contributed by atoms with van der Waals surface area (Å²) < 4.78 is 26.0. The van der Waals surface area contributed by atoms with Crippen molar-refractivity contribution in [2.75, 3.05) is 32.9 Å². The Morgan fingerprint density at radius 1 is 1.10 bits per heavy atom. The third kappa shape index (κ3) is 7.34. The molecular weight excluding hydrogens is 550 g/mol. The lowest BCUT2D eigenvalue weighted by Crippen LogP contribution is -2.40. The highest BCUT2D eigenvalue weighted by Gasteiger charge is 2.24. The molecule has 0 spiro atoms. The van der Waals surface area contributed by atoms with E-state index in [2.05, 4.69) is 22.1 Å². The number of ether oxygens (including phenoxy) is 2. The Morgan fingerprint density at radius 3 is 2.55 bits per heavy atom. The summed E-state index contributed by atoms with van der Waals surface area (Å²) in [7, 11) is 0. The Hall–Kier alpha value is -3.78. The van der Waals surface area contributed by atoms with Crippen molar-refractivity contribution in [3.63, 3.8) is 0 Å². The van der Waals surface area contributed by atoms with Crippen LogP contribution in [0.25, 0.3) is 10.9 Å². The minimum Gasteiger partial charge on any atom is -0.593 e. The van der Waals surface area contributed by atoms with Crippen LogP contribution in [0.3, 0.4) is 0 Å². The Balaban J connectivity index is 1.31. The molecule has 3 N–H and O–H groups in total. The van der Waals surface area contributed by atoms with Crippen LogP contribution in [0.4, 0.5) is 0 Å². The fraction of sp³-hybridized carbons (Fsp3) is 0.303. The monoisotopic (exact) mass is 585 g/mol. The summed E-state index contributed by atoms with van der Waals surface area (Å²) in [6.07, 6.45) is 2.25. The lowest BCUT2D eigenvalue weighted by molar-refractivity contribution is 0.0730. The van der Waals surface area contributed by atoms with Crippen LogP contribution < -0.4 is 10.1 Å². The average molecular weight is 586 g/mol. The molecule has 0 radical (unpaired) electrons. The van der Waals surface area contributed by atoms with Gasteiger partial charge in [0.1, 0.15) is 5.75 Å². The van der Waals surface area contributed by atoms with Crippen LogP contribution in [0.2, 0.25) is 0 Å². The molecule has 0 saturated carbocycles. The summed E-state index contributed by atoms with van der Waals surface area (Å²) in [5.41, 5.74) is 3.79. The summed E-state index contributed by atoms with van der Waals surface area (Å²) in [6, 6.07) is 20.1. The lowest BCUT2D eigenvalue weighted by Gasteiger charge is -2.27. The van der Waals surface area contributed by atoms with Gasteiger partial charge in [0.15, 0.2) is 4.90 Å². The van der Waals surface area contributed by atoms with Gasteiger partial charge in [0.25, 0.3) is 5.91 Å². The summed E-state index contributed by atoms with van der Waals surface area (Å²) in [6.45, 7) is 6.04. The second kappa shape index (κ2) is 13.9. The average Bonchev–Trinajstić information content (AvgIpc) is 3.42. The molecular formula is C33H35N3O5S. The van der Waals surface area contributed by atoms with Crippen LogP contribution in [-0.2, 0) is 22.5 Å². The Bertz CT molecular complexity index is 1570. The number of rotatable bonds is 9.